The van der Waals surface area contributed by atoms with Gasteiger partial charge >= 0.3 is 5.97 Å². The first kappa shape index (κ1) is 15.9. The number of ether oxygens (including phenoxy) is 1. The Morgan fingerprint density at radius 1 is 1.38 bits per heavy atom. The molecule has 0 atom stereocenters. The van der Waals surface area contributed by atoms with Gasteiger partial charge in [0.05, 0.1) is 24.4 Å². The predicted octanol–water partition coefficient (Wildman–Crippen LogP) is 2.09. The molecule has 0 aliphatic heterocycles. The molecular formula is C15H25N3O3. The lowest BCUT2D eigenvalue weighted by Gasteiger charge is -2.31. The second kappa shape index (κ2) is 6.56. The maximum atomic E-state index is 12.0. The second-order valence-corrected chi connectivity index (χ2v) is 6.46. The van der Waals surface area contributed by atoms with Crippen LogP contribution in [0.5, 0.6) is 0 Å². The highest BCUT2D eigenvalue weighted by Gasteiger charge is 2.31. The molecule has 0 radical (unpaired) electrons. The Hall–Kier alpha value is -1.43. The summed E-state index contributed by atoms with van der Waals surface area (Å²) in [4.78, 5) is 12.0. The fourth-order valence-corrected chi connectivity index (χ4v) is 2.66. The number of hydrogen-bond donors (Lipinski definition) is 1. The van der Waals surface area contributed by atoms with Crippen molar-refractivity contribution < 1.29 is 14.6 Å². The predicted molar refractivity (Wildman–Crippen MR) is 77.9 cm³/mol. The Bertz CT molecular complexity index is 490. The summed E-state index contributed by atoms with van der Waals surface area (Å²) in [5.74, 6) is -0.157. The number of hydrogen-bond acceptors (Lipinski definition) is 5. The van der Waals surface area contributed by atoms with Crippen LogP contribution in [0.25, 0.3) is 0 Å². The molecule has 1 saturated carbocycles. The van der Waals surface area contributed by atoms with Gasteiger partial charge in [-0.2, -0.15) is 0 Å². The van der Waals surface area contributed by atoms with E-state index in [1.54, 1.807) is 11.6 Å². The standard InChI is InChI=1S/C15H25N3O3/c1-11(2)9-21-14(19)13-12(3)18(17-16-13)10-15(20)7-5-4-6-8-15/h11,20H,4-10H2,1-3H3. The van der Waals surface area contributed by atoms with E-state index in [1.807, 2.05) is 13.8 Å². The Balaban J connectivity index is 2.04. The first-order chi connectivity index (χ1) is 9.91. The van der Waals surface area contributed by atoms with Crippen molar-refractivity contribution in [3.05, 3.63) is 11.4 Å². The molecule has 21 heavy (non-hydrogen) atoms. The summed E-state index contributed by atoms with van der Waals surface area (Å²) in [5, 5.41) is 18.5. The van der Waals surface area contributed by atoms with Crippen LogP contribution in [0.4, 0.5) is 0 Å². The van der Waals surface area contributed by atoms with Crippen LogP contribution in [-0.2, 0) is 11.3 Å². The largest absolute Gasteiger partial charge is 0.461 e. The fourth-order valence-electron chi connectivity index (χ4n) is 2.66. The molecule has 0 aromatic carbocycles. The number of aliphatic hydroxyl groups is 1. The number of carbonyl (C=O) groups excluding carboxylic acids is 1. The summed E-state index contributed by atoms with van der Waals surface area (Å²) >= 11 is 0. The number of carbonyl (C=O) groups is 1. The fraction of sp³-hybridized carbons (Fsp3) is 0.800. The molecular weight excluding hydrogens is 270 g/mol. The maximum absolute atomic E-state index is 12.0. The van der Waals surface area contributed by atoms with E-state index in [2.05, 4.69) is 10.3 Å². The molecule has 1 fully saturated rings. The van der Waals surface area contributed by atoms with Gasteiger partial charge in [-0.25, -0.2) is 9.48 Å². The van der Waals surface area contributed by atoms with Gasteiger partial charge in [0, 0.05) is 0 Å². The van der Waals surface area contributed by atoms with E-state index in [0.29, 0.717) is 18.8 Å². The van der Waals surface area contributed by atoms with Crippen molar-refractivity contribution in [2.45, 2.75) is 65.0 Å². The highest BCUT2D eigenvalue weighted by atomic mass is 16.5. The molecule has 1 heterocycles. The average Bonchev–Trinajstić information content (AvgIpc) is 2.78. The quantitative estimate of drug-likeness (QED) is 0.842. The van der Waals surface area contributed by atoms with Gasteiger partial charge in [-0.05, 0) is 25.7 Å². The topological polar surface area (TPSA) is 77.2 Å². The molecule has 1 aromatic rings. The van der Waals surface area contributed by atoms with Gasteiger partial charge in [0.25, 0.3) is 0 Å². The number of nitrogens with zero attached hydrogens (tertiary/aromatic N) is 3. The lowest BCUT2D eigenvalue weighted by molar-refractivity contribution is -0.0152. The van der Waals surface area contributed by atoms with Gasteiger partial charge in [-0.1, -0.05) is 38.3 Å². The van der Waals surface area contributed by atoms with Crippen LogP contribution < -0.4 is 0 Å². The number of esters is 1. The maximum Gasteiger partial charge on any atom is 0.360 e. The molecule has 6 heteroatoms. The Labute approximate surface area is 125 Å². The average molecular weight is 295 g/mol. The smallest absolute Gasteiger partial charge is 0.360 e. The van der Waals surface area contributed by atoms with Gasteiger partial charge in [0.1, 0.15) is 0 Å². The van der Waals surface area contributed by atoms with E-state index >= 15 is 0 Å². The molecule has 1 aliphatic carbocycles. The minimum Gasteiger partial charge on any atom is -0.461 e. The SMILES string of the molecule is Cc1c(C(=O)OCC(C)C)nnn1CC1(O)CCCCC1. The van der Waals surface area contributed by atoms with E-state index < -0.39 is 11.6 Å². The second-order valence-electron chi connectivity index (χ2n) is 6.46. The zero-order valence-electron chi connectivity index (χ0n) is 13.1. The normalized spacial score (nSPS) is 18.0. The number of rotatable bonds is 5. The van der Waals surface area contributed by atoms with Crippen molar-refractivity contribution in [2.75, 3.05) is 6.61 Å². The van der Waals surface area contributed by atoms with E-state index in [0.717, 1.165) is 25.7 Å². The van der Waals surface area contributed by atoms with Gasteiger partial charge < -0.3 is 9.84 Å². The van der Waals surface area contributed by atoms with Crippen molar-refractivity contribution in [3.63, 3.8) is 0 Å². The molecule has 1 aromatic heterocycles. The molecule has 0 amide bonds. The lowest BCUT2D eigenvalue weighted by Crippen LogP contribution is -2.37. The third kappa shape index (κ3) is 4.03. The van der Waals surface area contributed by atoms with Gasteiger partial charge in [-0.15, -0.1) is 5.10 Å². The molecule has 0 bridgehead atoms. The molecule has 6 nitrogen and oxygen atoms in total. The van der Waals surface area contributed by atoms with Crippen LogP contribution in [-0.4, -0.2) is 38.3 Å². The molecule has 0 unspecified atom stereocenters. The van der Waals surface area contributed by atoms with Crippen LogP contribution in [0.15, 0.2) is 0 Å². The van der Waals surface area contributed by atoms with Crippen molar-refractivity contribution in [2.24, 2.45) is 5.92 Å². The molecule has 1 N–H and O–H groups in total. The molecule has 0 saturated heterocycles. The lowest BCUT2D eigenvalue weighted by atomic mass is 9.85. The van der Waals surface area contributed by atoms with E-state index in [1.165, 1.54) is 6.42 Å². The summed E-state index contributed by atoms with van der Waals surface area (Å²) in [6.45, 7) is 6.52. The van der Waals surface area contributed by atoms with E-state index in [9.17, 15) is 9.90 Å². The summed E-state index contributed by atoms with van der Waals surface area (Å²) in [6, 6.07) is 0. The third-order valence-electron chi connectivity index (χ3n) is 3.95. The van der Waals surface area contributed by atoms with Gasteiger partial charge in [-0.3, -0.25) is 0 Å². The first-order valence-electron chi connectivity index (χ1n) is 7.71. The Morgan fingerprint density at radius 3 is 2.67 bits per heavy atom. The van der Waals surface area contributed by atoms with Crippen molar-refractivity contribution in [1.29, 1.82) is 0 Å². The highest BCUT2D eigenvalue weighted by molar-refractivity contribution is 5.88. The van der Waals surface area contributed by atoms with Crippen molar-refractivity contribution in [3.8, 4) is 0 Å². The minimum absolute atomic E-state index is 0.245. The van der Waals surface area contributed by atoms with Crippen LogP contribution in [0.1, 0.15) is 62.1 Å². The minimum atomic E-state index is -0.726. The van der Waals surface area contributed by atoms with Crippen LogP contribution in [0.2, 0.25) is 0 Å². The van der Waals surface area contributed by atoms with Crippen LogP contribution in [0.3, 0.4) is 0 Å². The molecule has 118 valence electrons. The summed E-state index contributed by atoms with van der Waals surface area (Å²) in [6.07, 6.45) is 4.80. The summed E-state index contributed by atoms with van der Waals surface area (Å²) in [7, 11) is 0. The summed E-state index contributed by atoms with van der Waals surface area (Å²) in [5.41, 5.74) is 0.174. The van der Waals surface area contributed by atoms with Crippen molar-refractivity contribution in [1.82, 2.24) is 15.0 Å². The summed E-state index contributed by atoms with van der Waals surface area (Å²) < 4.78 is 6.80. The van der Waals surface area contributed by atoms with Gasteiger partial charge in [0.2, 0.25) is 0 Å². The van der Waals surface area contributed by atoms with E-state index in [4.69, 9.17) is 4.74 Å². The molecule has 2 rings (SSSR count). The van der Waals surface area contributed by atoms with Crippen molar-refractivity contribution >= 4 is 5.97 Å². The third-order valence-corrected chi connectivity index (χ3v) is 3.95. The number of aromatic nitrogens is 3. The Kier molecular flexibility index (Phi) is 4.98. The van der Waals surface area contributed by atoms with Crippen LogP contribution >= 0.6 is 0 Å². The molecule has 1 aliphatic rings. The highest BCUT2D eigenvalue weighted by Crippen LogP contribution is 2.29. The first-order valence-corrected chi connectivity index (χ1v) is 7.71. The van der Waals surface area contributed by atoms with E-state index in [-0.39, 0.29) is 11.6 Å². The Morgan fingerprint density at radius 2 is 2.05 bits per heavy atom. The zero-order valence-corrected chi connectivity index (χ0v) is 13.1. The van der Waals surface area contributed by atoms with Crippen LogP contribution in [0, 0.1) is 12.8 Å². The zero-order chi connectivity index (χ0) is 15.5. The molecule has 0 spiro atoms. The van der Waals surface area contributed by atoms with Gasteiger partial charge in [0.15, 0.2) is 5.69 Å². The monoisotopic (exact) mass is 295 g/mol.